The summed E-state index contributed by atoms with van der Waals surface area (Å²) in [4.78, 5) is 12.3. The molecule has 24 heavy (non-hydrogen) atoms. The number of nitrogens with zero attached hydrogens (tertiary/aromatic N) is 2. The summed E-state index contributed by atoms with van der Waals surface area (Å²) in [6.45, 7) is 1.77. The van der Waals surface area contributed by atoms with Crippen molar-refractivity contribution in [1.82, 2.24) is 20.1 Å². The normalized spacial score (nSPS) is 11.9. The number of nitrogens with one attached hydrogen (secondary N) is 2. The van der Waals surface area contributed by atoms with Crippen LogP contribution in [0.3, 0.4) is 0 Å². The standard InChI is InChI=1S/C17H15FN4OS/c1-11(19-16(23)13-9-5-6-10-14(13)18)15-20-21-17(24)22(15)12-7-3-2-4-8-12/h2-11H,1H3,(H,19,23)(H,21,24)/t11-/m1/s1. The average Bonchev–Trinajstić information content (AvgIpc) is 2.97. The first kappa shape index (κ1) is 16.1. The number of benzene rings is 2. The molecule has 5 nitrogen and oxygen atoms in total. The van der Waals surface area contributed by atoms with Crippen molar-refractivity contribution < 1.29 is 9.18 Å². The van der Waals surface area contributed by atoms with Crippen LogP contribution in [0.1, 0.15) is 29.1 Å². The predicted octanol–water partition coefficient (Wildman–Crippen LogP) is 3.56. The van der Waals surface area contributed by atoms with Crippen LogP contribution in [0, 0.1) is 10.6 Å². The van der Waals surface area contributed by atoms with Gasteiger partial charge in [0, 0.05) is 5.69 Å². The summed E-state index contributed by atoms with van der Waals surface area (Å²) in [7, 11) is 0. The van der Waals surface area contributed by atoms with Gasteiger partial charge in [-0.2, -0.15) is 5.10 Å². The fourth-order valence-electron chi connectivity index (χ4n) is 2.41. The van der Waals surface area contributed by atoms with E-state index in [-0.39, 0.29) is 5.56 Å². The lowest BCUT2D eigenvalue weighted by Gasteiger charge is -2.15. The summed E-state index contributed by atoms with van der Waals surface area (Å²) in [5, 5.41) is 9.68. The van der Waals surface area contributed by atoms with Crippen LogP contribution >= 0.6 is 12.2 Å². The molecule has 0 spiro atoms. The van der Waals surface area contributed by atoms with Gasteiger partial charge in [0.2, 0.25) is 0 Å². The Bertz CT molecular complexity index is 920. The molecule has 7 heteroatoms. The lowest BCUT2D eigenvalue weighted by Crippen LogP contribution is -2.29. The summed E-state index contributed by atoms with van der Waals surface area (Å²) >= 11 is 5.27. The third kappa shape index (κ3) is 3.11. The topological polar surface area (TPSA) is 62.7 Å². The van der Waals surface area contributed by atoms with Gasteiger partial charge in [-0.3, -0.25) is 14.5 Å². The van der Waals surface area contributed by atoms with Crippen molar-refractivity contribution >= 4 is 18.1 Å². The van der Waals surface area contributed by atoms with Crippen LogP contribution in [0.2, 0.25) is 0 Å². The van der Waals surface area contributed by atoms with Crippen molar-refractivity contribution in [2.24, 2.45) is 0 Å². The molecule has 1 aromatic heterocycles. The van der Waals surface area contributed by atoms with Crippen LogP contribution < -0.4 is 5.32 Å². The largest absolute Gasteiger partial charge is 0.342 e. The number of aromatic nitrogens is 3. The van der Waals surface area contributed by atoms with Crippen LogP contribution in [0.25, 0.3) is 5.69 Å². The SMILES string of the molecule is C[C@@H](NC(=O)c1ccccc1F)c1n[nH]c(=S)n1-c1ccccc1. The quantitative estimate of drug-likeness (QED) is 0.713. The second kappa shape index (κ2) is 6.76. The molecule has 2 N–H and O–H groups in total. The maximum absolute atomic E-state index is 13.7. The van der Waals surface area contributed by atoms with E-state index in [1.807, 2.05) is 30.3 Å². The van der Waals surface area contributed by atoms with E-state index in [0.29, 0.717) is 10.6 Å². The Labute approximate surface area is 143 Å². The van der Waals surface area contributed by atoms with Gasteiger partial charge in [0.05, 0.1) is 11.6 Å². The van der Waals surface area contributed by atoms with Gasteiger partial charge < -0.3 is 5.32 Å². The number of rotatable bonds is 4. The molecule has 0 bridgehead atoms. The van der Waals surface area contributed by atoms with Gasteiger partial charge in [-0.15, -0.1) is 0 Å². The average molecular weight is 342 g/mol. The number of H-pyrrole nitrogens is 1. The molecule has 0 fully saturated rings. The smallest absolute Gasteiger partial charge is 0.254 e. The number of halogens is 1. The van der Waals surface area contributed by atoms with Crippen LogP contribution in [0.5, 0.6) is 0 Å². The Morgan fingerprint density at radius 3 is 2.58 bits per heavy atom. The summed E-state index contributed by atoms with van der Waals surface area (Å²) in [5.41, 5.74) is 0.822. The first-order chi connectivity index (χ1) is 11.6. The Balaban J connectivity index is 1.89. The molecule has 0 aliphatic heterocycles. The van der Waals surface area contributed by atoms with Crippen LogP contribution in [0.4, 0.5) is 4.39 Å². The van der Waals surface area contributed by atoms with E-state index in [9.17, 15) is 9.18 Å². The first-order valence-electron chi connectivity index (χ1n) is 7.36. The molecule has 2 aromatic carbocycles. The zero-order valence-electron chi connectivity index (χ0n) is 12.9. The monoisotopic (exact) mass is 342 g/mol. The molecule has 122 valence electrons. The van der Waals surface area contributed by atoms with E-state index >= 15 is 0 Å². The number of aromatic amines is 1. The lowest BCUT2D eigenvalue weighted by atomic mass is 10.2. The second-order valence-electron chi connectivity index (χ2n) is 5.23. The zero-order valence-corrected chi connectivity index (χ0v) is 13.7. The highest BCUT2D eigenvalue weighted by Gasteiger charge is 2.19. The van der Waals surface area contributed by atoms with Crippen molar-refractivity contribution in [3.8, 4) is 5.69 Å². The maximum atomic E-state index is 13.7. The Hall–Kier alpha value is -2.80. The van der Waals surface area contributed by atoms with E-state index in [2.05, 4.69) is 15.5 Å². The van der Waals surface area contributed by atoms with Gasteiger partial charge in [-0.05, 0) is 43.4 Å². The number of amides is 1. The fourth-order valence-corrected chi connectivity index (χ4v) is 2.66. The zero-order chi connectivity index (χ0) is 17.1. The fraction of sp³-hybridized carbons (Fsp3) is 0.118. The van der Waals surface area contributed by atoms with Crippen LogP contribution in [0.15, 0.2) is 54.6 Å². The maximum Gasteiger partial charge on any atom is 0.254 e. The Kier molecular flexibility index (Phi) is 4.52. The van der Waals surface area contributed by atoms with E-state index in [1.165, 1.54) is 18.2 Å². The van der Waals surface area contributed by atoms with Crippen molar-refractivity contribution in [2.75, 3.05) is 0 Å². The molecule has 0 radical (unpaired) electrons. The number of hydrogen-bond acceptors (Lipinski definition) is 3. The highest BCUT2D eigenvalue weighted by atomic mass is 32.1. The van der Waals surface area contributed by atoms with Gasteiger partial charge in [0.25, 0.3) is 5.91 Å². The number of para-hydroxylation sites is 1. The van der Waals surface area contributed by atoms with E-state index in [1.54, 1.807) is 17.6 Å². The third-order valence-corrected chi connectivity index (χ3v) is 3.84. The van der Waals surface area contributed by atoms with Gasteiger partial charge in [0.1, 0.15) is 5.82 Å². The lowest BCUT2D eigenvalue weighted by molar-refractivity contribution is 0.0934. The second-order valence-corrected chi connectivity index (χ2v) is 5.62. The van der Waals surface area contributed by atoms with Crippen molar-refractivity contribution in [1.29, 1.82) is 0 Å². The van der Waals surface area contributed by atoms with Crippen LogP contribution in [-0.4, -0.2) is 20.7 Å². The van der Waals surface area contributed by atoms with Gasteiger partial charge in [-0.1, -0.05) is 30.3 Å². The van der Waals surface area contributed by atoms with E-state index < -0.39 is 17.8 Å². The molecule has 0 aliphatic rings. The number of carbonyl (C=O) groups is 1. The molecular weight excluding hydrogens is 327 g/mol. The van der Waals surface area contributed by atoms with Crippen molar-refractivity contribution in [3.63, 3.8) is 0 Å². The minimum absolute atomic E-state index is 0.00950. The molecule has 1 amide bonds. The van der Waals surface area contributed by atoms with Gasteiger partial charge in [-0.25, -0.2) is 4.39 Å². The third-order valence-electron chi connectivity index (χ3n) is 3.57. The summed E-state index contributed by atoms with van der Waals surface area (Å²) in [6, 6.07) is 14.8. The number of carbonyl (C=O) groups excluding carboxylic acids is 1. The highest BCUT2D eigenvalue weighted by molar-refractivity contribution is 7.71. The molecule has 0 saturated heterocycles. The minimum Gasteiger partial charge on any atom is -0.342 e. The molecule has 0 saturated carbocycles. The molecule has 3 aromatic rings. The van der Waals surface area contributed by atoms with Crippen LogP contribution in [-0.2, 0) is 0 Å². The molecule has 1 atom stereocenters. The highest BCUT2D eigenvalue weighted by Crippen LogP contribution is 2.17. The molecule has 1 heterocycles. The number of hydrogen-bond donors (Lipinski definition) is 2. The van der Waals surface area contributed by atoms with E-state index in [4.69, 9.17) is 12.2 Å². The van der Waals surface area contributed by atoms with Crippen molar-refractivity contribution in [3.05, 3.63) is 76.6 Å². The predicted molar refractivity (Wildman–Crippen MR) is 91.0 cm³/mol. The van der Waals surface area contributed by atoms with Crippen molar-refractivity contribution in [2.45, 2.75) is 13.0 Å². The van der Waals surface area contributed by atoms with E-state index in [0.717, 1.165) is 5.69 Å². The summed E-state index contributed by atoms with van der Waals surface area (Å²) in [6.07, 6.45) is 0. The first-order valence-corrected chi connectivity index (χ1v) is 7.77. The Morgan fingerprint density at radius 1 is 1.21 bits per heavy atom. The minimum atomic E-state index is -0.566. The summed E-state index contributed by atoms with van der Waals surface area (Å²) < 4.78 is 15.9. The van der Waals surface area contributed by atoms with Gasteiger partial charge >= 0.3 is 0 Å². The summed E-state index contributed by atoms with van der Waals surface area (Å²) in [5.74, 6) is -0.533. The Morgan fingerprint density at radius 2 is 1.88 bits per heavy atom. The molecule has 3 rings (SSSR count). The molecular formula is C17H15FN4OS. The van der Waals surface area contributed by atoms with Gasteiger partial charge in [0.15, 0.2) is 10.6 Å². The molecule has 0 aliphatic carbocycles. The molecule has 0 unspecified atom stereocenters.